The minimum Gasteiger partial charge on any atom is -0.344 e. The van der Waals surface area contributed by atoms with Gasteiger partial charge in [0.05, 0.1) is 17.2 Å². The van der Waals surface area contributed by atoms with Crippen LogP contribution in [0.1, 0.15) is 0 Å². The van der Waals surface area contributed by atoms with Crippen LogP contribution >= 0.6 is 0 Å². The summed E-state index contributed by atoms with van der Waals surface area (Å²) >= 11 is 0. The average Bonchev–Trinajstić information content (AvgIpc) is 3.50. The van der Waals surface area contributed by atoms with Crippen molar-refractivity contribution in [1.82, 2.24) is 14.1 Å². The fraction of sp³-hybridized carbons (Fsp3) is 0.0278. The highest BCUT2D eigenvalue weighted by Crippen LogP contribution is 2.39. The van der Waals surface area contributed by atoms with Crippen molar-refractivity contribution >= 4 is 60.7 Å². The van der Waals surface area contributed by atoms with E-state index in [4.69, 9.17) is 0 Å². The van der Waals surface area contributed by atoms with Crippen molar-refractivity contribution in [2.75, 3.05) is 4.90 Å². The highest BCUT2D eigenvalue weighted by atomic mass is 15.1. The molecule has 0 amide bonds. The van der Waals surface area contributed by atoms with E-state index in [2.05, 4.69) is 153 Å². The van der Waals surface area contributed by atoms with Crippen LogP contribution in [0.4, 0.5) is 17.1 Å². The van der Waals surface area contributed by atoms with Crippen molar-refractivity contribution in [3.8, 4) is 5.69 Å². The first-order valence-electron chi connectivity index (χ1n) is 13.5. The third-order valence-electron chi connectivity index (χ3n) is 7.99. The molecule has 8 aromatic rings. The SMILES string of the molecule is Cn1c2ccc(N(c3ccccc3)c3ccccc3)cc2c2cc(-n3c4ccccc4c4ccncc43)ccc21. The zero-order chi connectivity index (χ0) is 26.6. The number of anilines is 3. The Morgan fingerprint density at radius 2 is 1.12 bits per heavy atom. The Morgan fingerprint density at radius 1 is 0.500 bits per heavy atom. The first kappa shape index (κ1) is 22.6. The lowest BCUT2D eigenvalue weighted by Gasteiger charge is -2.25. The predicted molar refractivity (Wildman–Crippen MR) is 167 cm³/mol. The molecule has 190 valence electrons. The summed E-state index contributed by atoms with van der Waals surface area (Å²) in [5, 5.41) is 4.91. The molecule has 0 aliphatic heterocycles. The van der Waals surface area contributed by atoms with E-state index in [-0.39, 0.29) is 0 Å². The Labute approximate surface area is 232 Å². The van der Waals surface area contributed by atoms with Crippen LogP contribution in [0, 0.1) is 0 Å². The summed E-state index contributed by atoms with van der Waals surface area (Å²) in [6.07, 6.45) is 3.85. The second kappa shape index (κ2) is 8.85. The van der Waals surface area contributed by atoms with Gasteiger partial charge in [-0.1, -0.05) is 54.6 Å². The van der Waals surface area contributed by atoms with Gasteiger partial charge >= 0.3 is 0 Å². The number of para-hydroxylation sites is 3. The topological polar surface area (TPSA) is 26.0 Å². The lowest BCUT2D eigenvalue weighted by Crippen LogP contribution is -2.09. The van der Waals surface area contributed by atoms with E-state index in [9.17, 15) is 0 Å². The first-order chi connectivity index (χ1) is 19.8. The minimum atomic E-state index is 1.11. The van der Waals surface area contributed by atoms with Crippen molar-refractivity contribution < 1.29 is 0 Å². The van der Waals surface area contributed by atoms with Crippen molar-refractivity contribution in [3.63, 3.8) is 0 Å². The maximum Gasteiger partial charge on any atom is 0.0724 e. The molecule has 4 heteroatoms. The van der Waals surface area contributed by atoms with Gasteiger partial charge in [-0.25, -0.2) is 0 Å². The van der Waals surface area contributed by atoms with Crippen molar-refractivity contribution in [3.05, 3.63) is 140 Å². The summed E-state index contributed by atoms with van der Waals surface area (Å²) in [5.41, 5.74) is 9.24. The highest BCUT2D eigenvalue weighted by Gasteiger charge is 2.17. The second-order valence-electron chi connectivity index (χ2n) is 10.2. The molecule has 0 bridgehead atoms. The molecule has 0 spiro atoms. The Bertz CT molecular complexity index is 2080. The molecule has 4 nitrogen and oxygen atoms in total. The van der Waals surface area contributed by atoms with Crippen LogP contribution in [0.15, 0.2) is 140 Å². The molecular weight excluding hydrogens is 488 g/mol. The first-order valence-corrected chi connectivity index (χ1v) is 13.5. The molecule has 40 heavy (non-hydrogen) atoms. The summed E-state index contributed by atoms with van der Waals surface area (Å²) in [4.78, 5) is 6.79. The molecule has 0 saturated heterocycles. The highest BCUT2D eigenvalue weighted by molar-refractivity contribution is 6.12. The number of pyridine rings is 1. The monoisotopic (exact) mass is 514 g/mol. The zero-order valence-corrected chi connectivity index (χ0v) is 22.1. The van der Waals surface area contributed by atoms with Gasteiger partial charge in [0, 0.05) is 68.6 Å². The van der Waals surface area contributed by atoms with Gasteiger partial charge in [0.25, 0.3) is 0 Å². The van der Waals surface area contributed by atoms with E-state index in [1.165, 1.54) is 38.1 Å². The summed E-state index contributed by atoms with van der Waals surface area (Å²) in [7, 11) is 2.15. The van der Waals surface area contributed by atoms with Crippen LogP contribution in [0.5, 0.6) is 0 Å². The van der Waals surface area contributed by atoms with Gasteiger partial charge in [-0.15, -0.1) is 0 Å². The smallest absolute Gasteiger partial charge is 0.0724 e. The summed E-state index contributed by atoms with van der Waals surface area (Å²) in [5.74, 6) is 0. The quantitative estimate of drug-likeness (QED) is 0.234. The summed E-state index contributed by atoms with van der Waals surface area (Å²) in [6.45, 7) is 0. The molecule has 0 fully saturated rings. The van der Waals surface area contributed by atoms with Crippen molar-refractivity contribution in [2.24, 2.45) is 7.05 Å². The Balaban J connectivity index is 1.38. The minimum absolute atomic E-state index is 1.11. The average molecular weight is 515 g/mol. The van der Waals surface area contributed by atoms with E-state index >= 15 is 0 Å². The number of benzene rings is 5. The van der Waals surface area contributed by atoms with Crippen LogP contribution in [-0.4, -0.2) is 14.1 Å². The molecule has 0 radical (unpaired) electrons. The Morgan fingerprint density at radius 3 is 1.88 bits per heavy atom. The normalized spacial score (nSPS) is 11.6. The number of hydrogen-bond acceptors (Lipinski definition) is 2. The van der Waals surface area contributed by atoms with Crippen LogP contribution < -0.4 is 4.90 Å². The third-order valence-corrected chi connectivity index (χ3v) is 7.99. The Hall–Kier alpha value is -5.35. The second-order valence-corrected chi connectivity index (χ2v) is 10.2. The number of fused-ring (bicyclic) bond motifs is 6. The summed E-state index contributed by atoms with van der Waals surface area (Å²) < 4.78 is 4.63. The largest absolute Gasteiger partial charge is 0.344 e. The van der Waals surface area contributed by atoms with Gasteiger partial charge in [0.2, 0.25) is 0 Å². The van der Waals surface area contributed by atoms with E-state index in [1.54, 1.807) is 0 Å². The lowest BCUT2D eigenvalue weighted by molar-refractivity contribution is 1.01. The number of aromatic nitrogens is 3. The maximum absolute atomic E-state index is 4.47. The lowest BCUT2D eigenvalue weighted by atomic mass is 10.1. The van der Waals surface area contributed by atoms with Crippen LogP contribution in [0.25, 0.3) is 49.3 Å². The van der Waals surface area contributed by atoms with E-state index < -0.39 is 0 Å². The molecular formula is C36H26N4. The molecule has 3 heterocycles. The van der Waals surface area contributed by atoms with Gasteiger partial charge in [0.15, 0.2) is 0 Å². The number of hydrogen-bond donors (Lipinski definition) is 0. The van der Waals surface area contributed by atoms with Gasteiger partial charge in [-0.2, -0.15) is 0 Å². The number of rotatable bonds is 4. The van der Waals surface area contributed by atoms with E-state index in [0.29, 0.717) is 0 Å². The van der Waals surface area contributed by atoms with Crippen molar-refractivity contribution in [2.45, 2.75) is 0 Å². The molecule has 0 aliphatic carbocycles. The number of nitrogens with zero attached hydrogens (tertiary/aromatic N) is 4. The molecule has 0 aliphatic rings. The maximum atomic E-state index is 4.47. The van der Waals surface area contributed by atoms with Gasteiger partial charge in [-0.05, 0) is 72.8 Å². The molecule has 8 rings (SSSR count). The van der Waals surface area contributed by atoms with E-state index in [0.717, 1.165) is 28.3 Å². The number of aryl methyl sites for hydroxylation is 1. The van der Waals surface area contributed by atoms with Crippen molar-refractivity contribution in [1.29, 1.82) is 0 Å². The standard InChI is InChI=1S/C36H26N4/c1-38-33-18-16-27(39(25-10-4-2-5-11-25)26-12-6-3-7-13-26)22-31(33)32-23-28(17-19-34(32)38)40-35-15-9-8-14-29(35)30-20-21-37-24-36(30)40/h2-24H,1H3. The van der Waals surface area contributed by atoms with Gasteiger partial charge in [0.1, 0.15) is 0 Å². The molecule has 5 aromatic carbocycles. The molecule has 0 N–H and O–H groups in total. The zero-order valence-electron chi connectivity index (χ0n) is 22.1. The van der Waals surface area contributed by atoms with Crippen LogP contribution in [0.2, 0.25) is 0 Å². The van der Waals surface area contributed by atoms with Gasteiger partial charge in [-0.3, -0.25) is 4.98 Å². The fourth-order valence-electron chi connectivity index (χ4n) is 6.17. The molecule has 0 atom stereocenters. The van der Waals surface area contributed by atoms with E-state index in [1.807, 2.05) is 12.4 Å². The fourth-order valence-corrected chi connectivity index (χ4v) is 6.17. The molecule has 0 saturated carbocycles. The molecule has 3 aromatic heterocycles. The van der Waals surface area contributed by atoms with Gasteiger partial charge < -0.3 is 14.0 Å². The third kappa shape index (κ3) is 3.36. The van der Waals surface area contributed by atoms with Crippen LogP contribution in [0.3, 0.4) is 0 Å². The Kier molecular flexibility index (Phi) is 5.01. The molecule has 0 unspecified atom stereocenters. The predicted octanol–water partition coefficient (Wildman–Crippen LogP) is 9.29. The summed E-state index contributed by atoms with van der Waals surface area (Å²) in [6, 6.07) is 45.4. The van der Waals surface area contributed by atoms with Crippen LogP contribution in [-0.2, 0) is 7.05 Å².